The van der Waals surface area contributed by atoms with Crippen LogP contribution in [0, 0.1) is 0 Å². The number of allylic oxidation sites excluding steroid dienone is 1. The van der Waals surface area contributed by atoms with Gasteiger partial charge >= 0.3 is 0 Å². The van der Waals surface area contributed by atoms with Gasteiger partial charge < -0.3 is 4.74 Å². The van der Waals surface area contributed by atoms with Gasteiger partial charge in [0, 0.05) is 5.56 Å². The van der Waals surface area contributed by atoms with Crippen molar-refractivity contribution >= 4 is 5.76 Å². The highest BCUT2D eigenvalue weighted by molar-refractivity contribution is 5.59. The van der Waals surface area contributed by atoms with Gasteiger partial charge in [0.15, 0.2) is 0 Å². The maximum absolute atomic E-state index is 5.87. The third kappa shape index (κ3) is 7.05. The average molecular weight is 260 g/mol. The van der Waals surface area contributed by atoms with Crippen LogP contribution in [0.4, 0.5) is 0 Å². The second-order valence-corrected chi connectivity index (χ2v) is 4.99. The molecule has 1 rings (SSSR count). The van der Waals surface area contributed by atoms with Gasteiger partial charge in [0.05, 0.1) is 6.61 Å². The van der Waals surface area contributed by atoms with Crippen LogP contribution in [0.2, 0.25) is 0 Å². The van der Waals surface area contributed by atoms with E-state index in [2.05, 4.69) is 37.3 Å². The Morgan fingerprint density at radius 1 is 0.947 bits per heavy atom. The second kappa shape index (κ2) is 10.7. The van der Waals surface area contributed by atoms with E-state index in [1.54, 1.807) is 0 Å². The molecule has 0 aliphatic rings. The topological polar surface area (TPSA) is 9.23 Å². The van der Waals surface area contributed by atoms with Gasteiger partial charge in [-0.2, -0.15) is 0 Å². The molecule has 0 atom stereocenters. The average Bonchev–Trinajstić information content (AvgIpc) is 2.47. The van der Waals surface area contributed by atoms with E-state index in [0.717, 1.165) is 18.8 Å². The van der Waals surface area contributed by atoms with Gasteiger partial charge in [0.1, 0.15) is 5.76 Å². The Hall–Kier alpha value is -1.24. The molecule has 0 N–H and O–H groups in total. The molecule has 0 heterocycles. The Bertz CT molecular complexity index is 340. The summed E-state index contributed by atoms with van der Waals surface area (Å²) >= 11 is 0. The Balaban J connectivity index is 2.11. The van der Waals surface area contributed by atoms with Crippen LogP contribution < -0.4 is 0 Å². The van der Waals surface area contributed by atoms with Crippen LogP contribution in [-0.4, -0.2) is 6.61 Å². The second-order valence-electron chi connectivity index (χ2n) is 4.99. The standard InChI is InChI=1S/C18H28O/c1-3-5-6-7-8-9-13-16-19-18(4-2)17-14-11-10-12-15-17/h4,10-12,14-15H,3,5-9,13,16H2,1-2H3. The fourth-order valence-corrected chi connectivity index (χ4v) is 2.18. The van der Waals surface area contributed by atoms with E-state index >= 15 is 0 Å². The number of hydrogen-bond donors (Lipinski definition) is 0. The molecule has 106 valence electrons. The van der Waals surface area contributed by atoms with Crippen LogP contribution >= 0.6 is 0 Å². The molecule has 0 aromatic heterocycles. The summed E-state index contributed by atoms with van der Waals surface area (Å²) in [5, 5.41) is 0. The van der Waals surface area contributed by atoms with E-state index in [1.165, 1.54) is 44.1 Å². The van der Waals surface area contributed by atoms with Crippen LogP contribution in [-0.2, 0) is 4.74 Å². The van der Waals surface area contributed by atoms with Gasteiger partial charge in [-0.15, -0.1) is 0 Å². The van der Waals surface area contributed by atoms with Crippen LogP contribution in [0.15, 0.2) is 36.4 Å². The lowest BCUT2D eigenvalue weighted by atomic mass is 10.1. The molecule has 0 radical (unpaired) electrons. The van der Waals surface area contributed by atoms with Gasteiger partial charge in [-0.25, -0.2) is 0 Å². The molecule has 1 nitrogen and oxygen atoms in total. The summed E-state index contributed by atoms with van der Waals surface area (Å²) in [5.74, 6) is 1.01. The van der Waals surface area contributed by atoms with Gasteiger partial charge in [0.2, 0.25) is 0 Å². The predicted octanol–water partition coefficient (Wildman–Crippen LogP) is 5.81. The minimum absolute atomic E-state index is 0.836. The number of benzene rings is 1. The Morgan fingerprint density at radius 3 is 2.21 bits per heavy atom. The van der Waals surface area contributed by atoms with Crippen molar-refractivity contribution in [2.75, 3.05) is 6.61 Å². The molecule has 19 heavy (non-hydrogen) atoms. The first-order valence-electron chi connectivity index (χ1n) is 7.73. The minimum atomic E-state index is 0.836. The van der Waals surface area contributed by atoms with Crippen molar-refractivity contribution in [1.29, 1.82) is 0 Å². The lowest BCUT2D eigenvalue weighted by Gasteiger charge is -2.10. The first-order valence-corrected chi connectivity index (χ1v) is 7.73. The van der Waals surface area contributed by atoms with Crippen molar-refractivity contribution in [1.82, 2.24) is 0 Å². The number of unbranched alkanes of at least 4 members (excludes halogenated alkanes) is 6. The maximum Gasteiger partial charge on any atom is 0.122 e. The molecular weight excluding hydrogens is 232 g/mol. The SMILES string of the molecule is CC=C(OCCCCCCCCC)c1ccccc1. The van der Waals surface area contributed by atoms with Gasteiger partial charge in [-0.1, -0.05) is 75.8 Å². The van der Waals surface area contributed by atoms with E-state index in [4.69, 9.17) is 4.74 Å². The molecule has 0 unspecified atom stereocenters. The Morgan fingerprint density at radius 2 is 1.58 bits per heavy atom. The van der Waals surface area contributed by atoms with Crippen molar-refractivity contribution in [3.05, 3.63) is 42.0 Å². The van der Waals surface area contributed by atoms with E-state index in [-0.39, 0.29) is 0 Å². The van der Waals surface area contributed by atoms with Gasteiger partial charge in [0.25, 0.3) is 0 Å². The maximum atomic E-state index is 5.87. The zero-order valence-electron chi connectivity index (χ0n) is 12.5. The zero-order valence-corrected chi connectivity index (χ0v) is 12.5. The Labute approximate surface area is 118 Å². The van der Waals surface area contributed by atoms with E-state index < -0.39 is 0 Å². The normalized spacial score (nSPS) is 11.6. The largest absolute Gasteiger partial charge is 0.493 e. The van der Waals surface area contributed by atoms with Crippen molar-refractivity contribution in [3.63, 3.8) is 0 Å². The molecular formula is C18H28O. The zero-order chi connectivity index (χ0) is 13.8. The molecule has 0 bridgehead atoms. The van der Waals surface area contributed by atoms with E-state index in [9.17, 15) is 0 Å². The fourth-order valence-electron chi connectivity index (χ4n) is 2.18. The summed E-state index contributed by atoms with van der Waals surface area (Å²) in [6, 6.07) is 10.3. The molecule has 1 aromatic rings. The molecule has 0 saturated heterocycles. The molecule has 0 saturated carbocycles. The van der Waals surface area contributed by atoms with Crippen molar-refractivity contribution in [3.8, 4) is 0 Å². The van der Waals surface area contributed by atoms with Crippen molar-refractivity contribution in [2.45, 2.75) is 58.8 Å². The predicted molar refractivity (Wildman–Crippen MR) is 84.0 cm³/mol. The first-order chi connectivity index (χ1) is 9.38. The molecule has 0 fully saturated rings. The van der Waals surface area contributed by atoms with Crippen LogP contribution in [0.1, 0.15) is 64.4 Å². The molecule has 0 aliphatic heterocycles. The van der Waals surface area contributed by atoms with Crippen LogP contribution in [0.5, 0.6) is 0 Å². The van der Waals surface area contributed by atoms with Crippen molar-refractivity contribution < 1.29 is 4.74 Å². The van der Waals surface area contributed by atoms with Gasteiger partial charge in [-0.3, -0.25) is 0 Å². The first kappa shape index (κ1) is 15.8. The molecule has 0 aliphatic carbocycles. The molecule has 1 aromatic carbocycles. The highest BCUT2D eigenvalue weighted by Gasteiger charge is 2.00. The monoisotopic (exact) mass is 260 g/mol. The smallest absolute Gasteiger partial charge is 0.122 e. The van der Waals surface area contributed by atoms with Gasteiger partial charge in [-0.05, 0) is 19.4 Å². The number of ether oxygens (including phenoxy) is 1. The third-order valence-corrected chi connectivity index (χ3v) is 3.33. The quantitative estimate of drug-likeness (QED) is 0.381. The molecule has 1 heteroatoms. The number of rotatable bonds is 10. The molecule has 0 amide bonds. The summed E-state index contributed by atoms with van der Waals surface area (Å²) in [5.41, 5.74) is 1.17. The minimum Gasteiger partial charge on any atom is -0.493 e. The van der Waals surface area contributed by atoms with Crippen molar-refractivity contribution in [2.24, 2.45) is 0 Å². The lowest BCUT2D eigenvalue weighted by molar-refractivity contribution is 0.266. The van der Waals surface area contributed by atoms with E-state index in [0.29, 0.717) is 0 Å². The Kier molecular flexibility index (Phi) is 8.87. The summed E-state index contributed by atoms with van der Waals surface area (Å²) in [6.45, 7) is 5.13. The highest BCUT2D eigenvalue weighted by Crippen LogP contribution is 2.16. The number of hydrogen-bond acceptors (Lipinski definition) is 1. The summed E-state index contributed by atoms with van der Waals surface area (Å²) in [6.07, 6.45) is 11.3. The van der Waals surface area contributed by atoms with E-state index in [1.807, 2.05) is 13.0 Å². The fraction of sp³-hybridized carbons (Fsp3) is 0.556. The lowest BCUT2D eigenvalue weighted by Crippen LogP contribution is -1.95. The highest BCUT2D eigenvalue weighted by atomic mass is 16.5. The third-order valence-electron chi connectivity index (χ3n) is 3.33. The molecule has 0 spiro atoms. The van der Waals surface area contributed by atoms with Crippen LogP contribution in [0.3, 0.4) is 0 Å². The summed E-state index contributed by atoms with van der Waals surface area (Å²) in [7, 11) is 0. The summed E-state index contributed by atoms with van der Waals surface area (Å²) < 4.78 is 5.87. The summed E-state index contributed by atoms with van der Waals surface area (Å²) in [4.78, 5) is 0. The van der Waals surface area contributed by atoms with Crippen LogP contribution in [0.25, 0.3) is 5.76 Å².